The molecule has 4 atom stereocenters. The van der Waals surface area contributed by atoms with Gasteiger partial charge in [-0.1, -0.05) is 23.8 Å². The van der Waals surface area contributed by atoms with Gasteiger partial charge in [-0.2, -0.15) is 0 Å². The third-order valence-corrected chi connectivity index (χ3v) is 6.86. The highest BCUT2D eigenvalue weighted by Crippen LogP contribution is 2.52. The van der Waals surface area contributed by atoms with Gasteiger partial charge in [0.05, 0.1) is 16.9 Å². The fourth-order valence-electron chi connectivity index (χ4n) is 4.39. The first kappa shape index (κ1) is 17.7. The van der Waals surface area contributed by atoms with Gasteiger partial charge >= 0.3 is 0 Å². The number of halogens is 2. The van der Waals surface area contributed by atoms with E-state index in [0.717, 1.165) is 16.5 Å². The number of anilines is 1. The van der Waals surface area contributed by atoms with Crippen LogP contribution < -0.4 is 5.32 Å². The van der Waals surface area contributed by atoms with Gasteiger partial charge in [0.1, 0.15) is 0 Å². The Hall–Kier alpha value is -1.66. The SMILES string of the molecule is Cc1cc(Br)c(Cl)cc1NC(=O)CCN1C(=O)[C@@H]2[C@H](C1=O)[C@@H]1C=C[C@H]2C1. The van der Waals surface area contributed by atoms with Gasteiger partial charge in [0, 0.05) is 23.1 Å². The number of aryl methyl sites for hydroxylation is 1. The summed E-state index contributed by atoms with van der Waals surface area (Å²) in [4.78, 5) is 38.8. The smallest absolute Gasteiger partial charge is 0.233 e. The summed E-state index contributed by atoms with van der Waals surface area (Å²) < 4.78 is 0.762. The molecule has 1 saturated heterocycles. The molecule has 2 bridgehead atoms. The van der Waals surface area contributed by atoms with E-state index in [1.165, 1.54) is 4.90 Å². The zero-order chi connectivity index (χ0) is 18.6. The van der Waals surface area contributed by atoms with E-state index in [1.54, 1.807) is 6.07 Å². The Labute approximate surface area is 164 Å². The van der Waals surface area contributed by atoms with Crippen LogP contribution in [0.25, 0.3) is 0 Å². The number of nitrogens with zero attached hydrogens (tertiary/aromatic N) is 1. The highest BCUT2D eigenvalue weighted by Gasteiger charge is 2.58. The van der Waals surface area contributed by atoms with Gasteiger partial charge in [-0.05, 0) is 58.8 Å². The molecule has 26 heavy (non-hydrogen) atoms. The van der Waals surface area contributed by atoms with Gasteiger partial charge in [0.15, 0.2) is 0 Å². The number of carbonyl (C=O) groups is 3. The van der Waals surface area contributed by atoms with Crippen LogP contribution in [-0.2, 0) is 14.4 Å². The Morgan fingerprint density at radius 2 is 1.85 bits per heavy atom. The number of hydrogen-bond donors (Lipinski definition) is 1. The molecule has 1 aromatic rings. The molecule has 1 N–H and O–H groups in total. The van der Waals surface area contributed by atoms with Crippen molar-refractivity contribution in [3.63, 3.8) is 0 Å². The maximum absolute atomic E-state index is 12.6. The molecular weight excluding hydrogens is 420 g/mol. The van der Waals surface area contributed by atoms with E-state index in [0.29, 0.717) is 10.7 Å². The molecule has 0 spiro atoms. The lowest BCUT2D eigenvalue weighted by molar-refractivity contribution is -0.140. The first-order valence-corrected chi connectivity index (χ1v) is 9.83. The molecule has 5 nitrogen and oxygen atoms in total. The summed E-state index contributed by atoms with van der Waals surface area (Å²) in [6.45, 7) is 1.99. The van der Waals surface area contributed by atoms with E-state index >= 15 is 0 Å². The van der Waals surface area contributed by atoms with Crippen molar-refractivity contribution in [2.75, 3.05) is 11.9 Å². The molecule has 3 aliphatic rings. The lowest BCUT2D eigenvalue weighted by atomic mass is 9.85. The van der Waals surface area contributed by atoms with Crippen molar-refractivity contribution >= 4 is 50.9 Å². The third-order valence-electron chi connectivity index (χ3n) is 5.67. The highest BCUT2D eigenvalue weighted by atomic mass is 79.9. The van der Waals surface area contributed by atoms with E-state index < -0.39 is 0 Å². The van der Waals surface area contributed by atoms with Crippen molar-refractivity contribution in [2.24, 2.45) is 23.7 Å². The number of rotatable bonds is 4. The maximum Gasteiger partial charge on any atom is 0.233 e. The van der Waals surface area contributed by atoms with Crippen molar-refractivity contribution in [3.8, 4) is 0 Å². The van der Waals surface area contributed by atoms with Crippen LogP contribution in [0.3, 0.4) is 0 Å². The van der Waals surface area contributed by atoms with Gasteiger partial charge in [0.2, 0.25) is 17.7 Å². The predicted molar refractivity (Wildman–Crippen MR) is 102 cm³/mol. The molecule has 136 valence electrons. The fraction of sp³-hybridized carbons (Fsp3) is 0.421. The normalized spacial score (nSPS) is 28.8. The van der Waals surface area contributed by atoms with E-state index in [9.17, 15) is 14.4 Å². The summed E-state index contributed by atoms with van der Waals surface area (Å²) in [6, 6.07) is 3.51. The van der Waals surface area contributed by atoms with Crippen molar-refractivity contribution < 1.29 is 14.4 Å². The minimum absolute atomic E-state index is 0.0762. The van der Waals surface area contributed by atoms with Gasteiger partial charge < -0.3 is 5.32 Å². The van der Waals surface area contributed by atoms with E-state index in [4.69, 9.17) is 11.6 Å². The van der Waals surface area contributed by atoms with Gasteiger partial charge in [-0.25, -0.2) is 0 Å². The van der Waals surface area contributed by atoms with Crippen LogP contribution in [0, 0.1) is 30.6 Å². The number of amides is 3. The van der Waals surface area contributed by atoms with E-state index in [2.05, 4.69) is 33.4 Å². The number of hydrogen-bond acceptors (Lipinski definition) is 3. The van der Waals surface area contributed by atoms with Crippen LogP contribution in [0.15, 0.2) is 28.8 Å². The zero-order valence-corrected chi connectivity index (χ0v) is 16.5. The molecule has 1 aliphatic heterocycles. The van der Waals surface area contributed by atoms with Crippen LogP contribution in [-0.4, -0.2) is 29.2 Å². The van der Waals surface area contributed by atoms with Crippen LogP contribution in [0.4, 0.5) is 5.69 Å². The van der Waals surface area contributed by atoms with Gasteiger partial charge in [-0.15, -0.1) is 0 Å². The average molecular weight is 438 g/mol. The Kier molecular flexibility index (Phi) is 4.43. The Balaban J connectivity index is 1.39. The Morgan fingerprint density at radius 1 is 1.23 bits per heavy atom. The molecule has 0 radical (unpaired) electrons. The monoisotopic (exact) mass is 436 g/mol. The average Bonchev–Trinajstić information content (AvgIpc) is 3.26. The zero-order valence-electron chi connectivity index (χ0n) is 14.2. The Morgan fingerprint density at radius 3 is 2.46 bits per heavy atom. The molecule has 2 fully saturated rings. The molecule has 3 amide bonds. The first-order valence-electron chi connectivity index (χ1n) is 8.66. The fourth-order valence-corrected chi connectivity index (χ4v) is 5.01. The van der Waals surface area contributed by atoms with E-state index in [1.807, 2.05) is 13.0 Å². The molecule has 7 heteroatoms. The van der Waals surface area contributed by atoms with Crippen molar-refractivity contribution in [2.45, 2.75) is 19.8 Å². The second-order valence-corrected chi connectivity index (χ2v) is 8.47. The van der Waals surface area contributed by atoms with Gasteiger partial charge in [-0.3, -0.25) is 19.3 Å². The first-order chi connectivity index (χ1) is 12.4. The summed E-state index contributed by atoms with van der Waals surface area (Å²) in [7, 11) is 0. The van der Waals surface area contributed by atoms with Crippen LogP contribution in [0.1, 0.15) is 18.4 Å². The number of imide groups is 1. The van der Waals surface area contributed by atoms with Gasteiger partial charge in [0.25, 0.3) is 0 Å². The van der Waals surface area contributed by atoms with Crippen molar-refractivity contribution in [3.05, 3.63) is 39.3 Å². The number of nitrogens with one attached hydrogen (secondary N) is 1. The summed E-state index contributed by atoms with van der Waals surface area (Å²) in [5.41, 5.74) is 1.50. The molecule has 4 rings (SSSR count). The number of fused-ring (bicyclic) bond motifs is 5. The highest BCUT2D eigenvalue weighted by molar-refractivity contribution is 9.10. The van der Waals surface area contributed by atoms with E-state index in [-0.39, 0.29) is 54.4 Å². The third kappa shape index (κ3) is 2.79. The van der Waals surface area contributed by atoms with Crippen LogP contribution >= 0.6 is 27.5 Å². The molecule has 1 aromatic carbocycles. The lowest BCUT2D eigenvalue weighted by Crippen LogP contribution is -2.35. The second kappa shape index (κ2) is 6.50. The molecule has 2 aliphatic carbocycles. The topological polar surface area (TPSA) is 66.5 Å². The predicted octanol–water partition coefficient (Wildman–Crippen LogP) is 3.55. The summed E-state index contributed by atoms with van der Waals surface area (Å²) in [5.74, 6) is -0.535. The Bertz CT molecular complexity index is 823. The molecule has 1 heterocycles. The molecular formula is C19H18BrClN2O3. The summed E-state index contributed by atoms with van der Waals surface area (Å²) in [6.07, 6.45) is 5.11. The number of benzene rings is 1. The largest absolute Gasteiger partial charge is 0.326 e. The minimum atomic E-state index is -0.245. The lowest BCUT2D eigenvalue weighted by Gasteiger charge is -2.17. The maximum atomic E-state index is 12.6. The molecule has 0 aromatic heterocycles. The molecule has 1 saturated carbocycles. The van der Waals surface area contributed by atoms with Crippen molar-refractivity contribution in [1.82, 2.24) is 4.90 Å². The quantitative estimate of drug-likeness (QED) is 0.579. The van der Waals surface area contributed by atoms with Crippen molar-refractivity contribution in [1.29, 1.82) is 0 Å². The van der Waals surface area contributed by atoms with Crippen LogP contribution in [0.5, 0.6) is 0 Å². The summed E-state index contributed by atoms with van der Waals surface area (Å²) in [5, 5.41) is 3.31. The summed E-state index contributed by atoms with van der Waals surface area (Å²) >= 11 is 9.42. The number of allylic oxidation sites excluding steroid dienone is 2. The number of carbonyl (C=O) groups excluding carboxylic acids is 3. The molecule has 0 unspecified atom stereocenters. The number of likely N-dealkylation sites (tertiary alicyclic amines) is 1. The van der Waals surface area contributed by atoms with Crippen LogP contribution in [0.2, 0.25) is 5.02 Å². The second-order valence-electron chi connectivity index (χ2n) is 7.21. The minimum Gasteiger partial charge on any atom is -0.326 e. The standard InChI is InChI=1S/C19H18BrClN2O3/c1-9-6-12(20)13(21)8-14(9)22-15(24)4-5-23-18(25)16-10-2-3-11(7-10)17(16)19(23)26/h2-3,6,8,10-11,16-17H,4-5,7H2,1H3,(H,22,24)/t10-,11+,16-,17+.